The van der Waals surface area contributed by atoms with E-state index >= 15 is 0 Å². The molecule has 0 radical (unpaired) electrons. The summed E-state index contributed by atoms with van der Waals surface area (Å²) in [6.07, 6.45) is 0. The number of carbonyl (C=O) groups is 1. The Labute approximate surface area is 104 Å². The van der Waals surface area contributed by atoms with Gasteiger partial charge < -0.3 is 5.11 Å². The summed E-state index contributed by atoms with van der Waals surface area (Å²) < 4.78 is 25.2. The zero-order valence-corrected chi connectivity index (χ0v) is 10.6. The standard InChI is InChI=1S/C10H12ClNO4S/c1-7(10(13)14)17(15,16)12-6-8-4-2-3-5-9(8)11/h2-5,7,12H,6H2,1H3,(H,13,14). The predicted molar refractivity (Wildman–Crippen MR) is 64.3 cm³/mol. The van der Waals surface area contributed by atoms with E-state index < -0.39 is 21.2 Å². The van der Waals surface area contributed by atoms with Crippen LogP contribution in [0.5, 0.6) is 0 Å². The molecule has 1 aromatic rings. The zero-order valence-electron chi connectivity index (χ0n) is 9.05. The number of aliphatic carboxylic acids is 1. The number of carboxylic acid groups (broad SMARTS) is 1. The highest BCUT2D eigenvalue weighted by molar-refractivity contribution is 7.90. The first-order valence-electron chi connectivity index (χ1n) is 4.79. The Morgan fingerprint density at radius 3 is 2.59 bits per heavy atom. The Hall–Kier alpha value is -1.11. The Morgan fingerprint density at radius 2 is 2.06 bits per heavy atom. The minimum absolute atomic E-state index is 0.0281. The number of halogens is 1. The van der Waals surface area contributed by atoms with Crippen LogP contribution in [0, 0.1) is 0 Å². The Balaban J connectivity index is 2.75. The molecule has 1 unspecified atom stereocenters. The second-order valence-electron chi connectivity index (χ2n) is 3.44. The molecule has 0 saturated carbocycles. The van der Waals surface area contributed by atoms with Crippen LogP contribution in [0.3, 0.4) is 0 Å². The summed E-state index contributed by atoms with van der Waals surface area (Å²) in [5, 5.41) is 7.56. The van der Waals surface area contributed by atoms with Crippen molar-refractivity contribution < 1.29 is 18.3 Å². The number of hydrogen-bond donors (Lipinski definition) is 2. The molecule has 0 aromatic heterocycles. The van der Waals surface area contributed by atoms with Gasteiger partial charge in [0.2, 0.25) is 10.0 Å². The fraction of sp³-hybridized carbons (Fsp3) is 0.300. The van der Waals surface area contributed by atoms with Crippen LogP contribution >= 0.6 is 11.6 Å². The van der Waals surface area contributed by atoms with Crippen LogP contribution in [0.15, 0.2) is 24.3 Å². The van der Waals surface area contributed by atoms with Crippen LogP contribution in [-0.2, 0) is 21.4 Å². The molecule has 0 aliphatic heterocycles. The van der Waals surface area contributed by atoms with Crippen molar-refractivity contribution in [3.63, 3.8) is 0 Å². The lowest BCUT2D eigenvalue weighted by Crippen LogP contribution is -2.37. The van der Waals surface area contributed by atoms with Gasteiger partial charge in [-0.2, -0.15) is 0 Å². The molecule has 1 atom stereocenters. The highest BCUT2D eigenvalue weighted by Crippen LogP contribution is 2.15. The molecule has 2 N–H and O–H groups in total. The third-order valence-electron chi connectivity index (χ3n) is 2.23. The molecular formula is C10H12ClNO4S. The van der Waals surface area contributed by atoms with Gasteiger partial charge in [-0.1, -0.05) is 29.8 Å². The van der Waals surface area contributed by atoms with E-state index in [4.69, 9.17) is 16.7 Å². The van der Waals surface area contributed by atoms with E-state index in [1.807, 2.05) is 0 Å². The smallest absolute Gasteiger partial charge is 0.323 e. The van der Waals surface area contributed by atoms with E-state index in [0.717, 1.165) is 6.92 Å². The van der Waals surface area contributed by atoms with E-state index in [-0.39, 0.29) is 6.54 Å². The van der Waals surface area contributed by atoms with Crippen molar-refractivity contribution in [2.24, 2.45) is 0 Å². The topological polar surface area (TPSA) is 83.5 Å². The first-order chi connectivity index (χ1) is 7.84. The van der Waals surface area contributed by atoms with Crippen LogP contribution in [0.1, 0.15) is 12.5 Å². The predicted octanol–water partition coefficient (Wildman–Crippen LogP) is 1.23. The minimum Gasteiger partial charge on any atom is -0.480 e. The molecule has 1 rings (SSSR count). The number of nitrogens with one attached hydrogen (secondary N) is 1. The quantitative estimate of drug-likeness (QED) is 0.848. The van der Waals surface area contributed by atoms with Crippen molar-refractivity contribution >= 4 is 27.6 Å². The number of hydrogen-bond acceptors (Lipinski definition) is 3. The summed E-state index contributed by atoms with van der Waals surface area (Å²) in [7, 11) is -3.88. The van der Waals surface area contributed by atoms with Crippen LogP contribution in [-0.4, -0.2) is 24.7 Å². The van der Waals surface area contributed by atoms with Crippen molar-refractivity contribution in [2.75, 3.05) is 0 Å². The first-order valence-corrected chi connectivity index (χ1v) is 6.71. The largest absolute Gasteiger partial charge is 0.480 e. The lowest BCUT2D eigenvalue weighted by Gasteiger charge is -2.10. The second-order valence-corrected chi connectivity index (χ2v) is 5.93. The second kappa shape index (κ2) is 5.48. The molecule has 0 saturated heterocycles. The van der Waals surface area contributed by atoms with Crippen LogP contribution in [0.25, 0.3) is 0 Å². The van der Waals surface area contributed by atoms with Gasteiger partial charge in [0.1, 0.15) is 0 Å². The molecule has 0 spiro atoms. The normalized spacial score (nSPS) is 13.3. The number of rotatable bonds is 5. The molecule has 0 aliphatic carbocycles. The lowest BCUT2D eigenvalue weighted by atomic mass is 10.2. The molecule has 0 amide bonds. The molecule has 94 valence electrons. The molecule has 1 aromatic carbocycles. The van der Waals surface area contributed by atoms with Gasteiger partial charge in [-0.05, 0) is 18.6 Å². The zero-order chi connectivity index (χ0) is 13.1. The molecule has 0 fully saturated rings. The SMILES string of the molecule is CC(C(=O)O)S(=O)(=O)NCc1ccccc1Cl. The average molecular weight is 278 g/mol. The highest BCUT2D eigenvalue weighted by atomic mass is 35.5. The molecule has 7 heteroatoms. The third-order valence-corrected chi connectivity index (χ3v) is 4.28. The fourth-order valence-electron chi connectivity index (χ4n) is 1.08. The summed E-state index contributed by atoms with van der Waals surface area (Å²) in [6.45, 7) is 1.08. The Morgan fingerprint density at radius 1 is 1.47 bits per heavy atom. The monoisotopic (exact) mass is 277 g/mol. The Bertz CT molecular complexity index is 515. The number of carboxylic acids is 1. The van der Waals surface area contributed by atoms with E-state index in [9.17, 15) is 13.2 Å². The average Bonchev–Trinajstić information content (AvgIpc) is 2.27. The van der Waals surface area contributed by atoms with Gasteiger partial charge in [0.05, 0.1) is 0 Å². The summed E-state index contributed by atoms with van der Waals surface area (Å²) in [5.74, 6) is -1.39. The number of sulfonamides is 1. The van der Waals surface area contributed by atoms with Crippen LogP contribution in [0.2, 0.25) is 5.02 Å². The first kappa shape index (κ1) is 14.0. The van der Waals surface area contributed by atoms with Crippen molar-refractivity contribution in [2.45, 2.75) is 18.7 Å². The highest BCUT2D eigenvalue weighted by Gasteiger charge is 2.27. The summed E-state index contributed by atoms with van der Waals surface area (Å²) in [6, 6.07) is 6.73. The van der Waals surface area contributed by atoms with E-state index in [0.29, 0.717) is 10.6 Å². The summed E-state index contributed by atoms with van der Waals surface area (Å²) in [5.41, 5.74) is 0.593. The van der Waals surface area contributed by atoms with Crippen molar-refractivity contribution in [3.05, 3.63) is 34.9 Å². The lowest BCUT2D eigenvalue weighted by molar-refractivity contribution is -0.136. The van der Waals surface area contributed by atoms with E-state index in [2.05, 4.69) is 4.72 Å². The van der Waals surface area contributed by atoms with Gasteiger partial charge in [0, 0.05) is 11.6 Å². The maximum absolute atomic E-state index is 11.5. The molecule has 17 heavy (non-hydrogen) atoms. The van der Waals surface area contributed by atoms with Crippen LogP contribution < -0.4 is 4.72 Å². The molecule has 0 heterocycles. The van der Waals surface area contributed by atoms with Gasteiger partial charge in [-0.25, -0.2) is 13.1 Å². The van der Waals surface area contributed by atoms with Crippen LogP contribution in [0.4, 0.5) is 0 Å². The fourth-order valence-corrected chi connectivity index (χ4v) is 2.15. The maximum Gasteiger partial charge on any atom is 0.323 e. The maximum atomic E-state index is 11.5. The molecule has 5 nitrogen and oxygen atoms in total. The summed E-state index contributed by atoms with van der Waals surface area (Å²) in [4.78, 5) is 10.6. The van der Waals surface area contributed by atoms with Gasteiger partial charge in [0.25, 0.3) is 0 Å². The van der Waals surface area contributed by atoms with Crippen molar-refractivity contribution in [1.29, 1.82) is 0 Å². The van der Waals surface area contributed by atoms with E-state index in [1.165, 1.54) is 0 Å². The molecule has 0 bridgehead atoms. The van der Waals surface area contributed by atoms with Crippen molar-refractivity contribution in [1.82, 2.24) is 4.72 Å². The Kier molecular flexibility index (Phi) is 4.50. The van der Waals surface area contributed by atoms with E-state index in [1.54, 1.807) is 24.3 Å². The molecule has 0 aliphatic rings. The van der Waals surface area contributed by atoms with Gasteiger partial charge in [0.15, 0.2) is 5.25 Å². The number of benzene rings is 1. The van der Waals surface area contributed by atoms with Crippen molar-refractivity contribution in [3.8, 4) is 0 Å². The minimum atomic E-state index is -3.88. The van der Waals surface area contributed by atoms with Gasteiger partial charge in [-0.3, -0.25) is 4.79 Å². The van der Waals surface area contributed by atoms with Gasteiger partial charge in [-0.15, -0.1) is 0 Å². The third kappa shape index (κ3) is 3.69. The summed E-state index contributed by atoms with van der Waals surface area (Å²) >= 11 is 5.84. The van der Waals surface area contributed by atoms with Gasteiger partial charge >= 0.3 is 5.97 Å². The molecular weight excluding hydrogens is 266 g/mol.